The van der Waals surface area contributed by atoms with Gasteiger partial charge in [-0.3, -0.25) is 0 Å². The number of hydrogen-bond acceptors (Lipinski definition) is 2. The monoisotopic (exact) mass is 195 g/mol. The Morgan fingerprint density at radius 2 is 2.08 bits per heavy atom. The van der Waals surface area contributed by atoms with Gasteiger partial charge in [-0.2, -0.15) is 11.8 Å². The van der Waals surface area contributed by atoms with Gasteiger partial charge in [-0.15, -0.1) is 0 Å². The van der Waals surface area contributed by atoms with Crippen LogP contribution in [0.1, 0.15) is 11.1 Å². The molecular formula is C11H17NS. The lowest BCUT2D eigenvalue weighted by Crippen LogP contribution is -2.25. The van der Waals surface area contributed by atoms with Gasteiger partial charge in [0.25, 0.3) is 0 Å². The van der Waals surface area contributed by atoms with Gasteiger partial charge in [-0.05, 0) is 30.7 Å². The highest BCUT2D eigenvalue weighted by Gasteiger charge is 2.04. The van der Waals surface area contributed by atoms with Crippen molar-refractivity contribution in [1.82, 2.24) is 0 Å². The molecule has 0 aromatic heterocycles. The lowest BCUT2D eigenvalue weighted by molar-refractivity contribution is 0.746. The van der Waals surface area contributed by atoms with Crippen LogP contribution in [0.2, 0.25) is 0 Å². The van der Waals surface area contributed by atoms with E-state index in [4.69, 9.17) is 5.73 Å². The third-order valence-corrected chi connectivity index (χ3v) is 2.89. The highest BCUT2D eigenvalue weighted by Crippen LogP contribution is 2.10. The minimum atomic E-state index is 0.288. The maximum absolute atomic E-state index is 5.96. The molecular weight excluding hydrogens is 178 g/mol. The molecule has 0 aliphatic carbocycles. The van der Waals surface area contributed by atoms with E-state index in [9.17, 15) is 0 Å². The van der Waals surface area contributed by atoms with Crippen LogP contribution in [0.3, 0.4) is 0 Å². The number of benzene rings is 1. The number of aryl methyl sites for hydroxylation is 1. The average Bonchev–Trinajstić information content (AvgIpc) is 2.09. The molecule has 1 rings (SSSR count). The third-order valence-electron chi connectivity index (χ3n) is 2.12. The minimum Gasteiger partial charge on any atom is -0.327 e. The van der Waals surface area contributed by atoms with Gasteiger partial charge in [0.1, 0.15) is 0 Å². The number of hydrogen-bond donors (Lipinski definition) is 1. The van der Waals surface area contributed by atoms with Gasteiger partial charge < -0.3 is 5.73 Å². The van der Waals surface area contributed by atoms with E-state index in [1.807, 2.05) is 11.8 Å². The van der Waals surface area contributed by atoms with Crippen LogP contribution in [0.15, 0.2) is 24.3 Å². The molecule has 2 N–H and O–H groups in total. The molecule has 0 spiro atoms. The zero-order valence-electron chi connectivity index (χ0n) is 8.29. The molecule has 0 aliphatic heterocycles. The Hall–Kier alpha value is -0.470. The van der Waals surface area contributed by atoms with Gasteiger partial charge in [-0.1, -0.05) is 24.3 Å². The maximum Gasteiger partial charge on any atom is 0.0171 e. The molecule has 0 fully saturated rings. The molecule has 1 atom stereocenters. The number of thioether (sulfide) groups is 1. The smallest absolute Gasteiger partial charge is 0.0171 e. The largest absolute Gasteiger partial charge is 0.327 e. The third kappa shape index (κ3) is 3.41. The fourth-order valence-electron chi connectivity index (χ4n) is 1.39. The summed E-state index contributed by atoms with van der Waals surface area (Å²) < 4.78 is 0. The summed E-state index contributed by atoms with van der Waals surface area (Å²) in [7, 11) is 0. The first-order valence-corrected chi connectivity index (χ1v) is 5.92. The predicted molar refractivity (Wildman–Crippen MR) is 61.2 cm³/mol. The Bertz CT molecular complexity index is 260. The molecule has 0 heterocycles. The van der Waals surface area contributed by atoms with E-state index in [0.29, 0.717) is 0 Å². The lowest BCUT2D eigenvalue weighted by atomic mass is 10.0. The van der Waals surface area contributed by atoms with Crippen molar-refractivity contribution in [2.24, 2.45) is 5.73 Å². The molecule has 0 saturated heterocycles. The second-order valence-corrected chi connectivity index (χ2v) is 4.26. The summed E-state index contributed by atoms with van der Waals surface area (Å²) in [6.45, 7) is 2.14. The fourth-order valence-corrected chi connectivity index (χ4v) is 1.94. The van der Waals surface area contributed by atoms with Gasteiger partial charge in [0.2, 0.25) is 0 Å². The van der Waals surface area contributed by atoms with E-state index in [0.717, 1.165) is 12.2 Å². The topological polar surface area (TPSA) is 26.0 Å². The van der Waals surface area contributed by atoms with E-state index < -0.39 is 0 Å². The Labute approximate surface area is 84.7 Å². The Morgan fingerprint density at radius 3 is 2.69 bits per heavy atom. The van der Waals surface area contributed by atoms with Crippen LogP contribution in [0, 0.1) is 6.92 Å². The highest BCUT2D eigenvalue weighted by molar-refractivity contribution is 7.98. The van der Waals surface area contributed by atoms with Crippen molar-refractivity contribution < 1.29 is 0 Å². The molecule has 1 nitrogen and oxygen atoms in total. The van der Waals surface area contributed by atoms with Crippen molar-refractivity contribution in [2.75, 3.05) is 12.0 Å². The van der Waals surface area contributed by atoms with Crippen molar-refractivity contribution in [3.8, 4) is 0 Å². The summed E-state index contributed by atoms with van der Waals surface area (Å²) in [6.07, 6.45) is 3.09. The first kappa shape index (κ1) is 10.6. The van der Waals surface area contributed by atoms with E-state index in [-0.39, 0.29) is 6.04 Å². The second-order valence-electron chi connectivity index (χ2n) is 3.35. The first-order chi connectivity index (χ1) is 6.24. The molecule has 2 heteroatoms. The van der Waals surface area contributed by atoms with E-state index >= 15 is 0 Å². The van der Waals surface area contributed by atoms with Crippen LogP contribution in [0.4, 0.5) is 0 Å². The van der Waals surface area contributed by atoms with Gasteiger partial charge in [0, 0.05) is 11.8 Å². The molecule has 1 aromatic carbocycles. The fraction of sp³-hybridized carbons (Fsp3) is 0.455. The summed E-state index contributed by atoms with van der Waals surface area (Å²) in [4.78, 5) is 0. The first-order valence-electron chi connectivity index (χ1n) is 4.53. The summed E-state index contributed by atoms with van der Waals surface area (Å²) in [6, 6.07) is 8.74. The minimum absolute atomic E-state index is 0.288. The molecule has 13 heavy (non-hydrogen) atoms. The zero-order valence-corrected chi connectivity index (χ0v) is 9.10. The molecule has 72 valence electrons. The van der Waals surface area contributed by atoms with E-state index in [1.54, 1.807) is 0 Å². The van der Waals surface area contributed by atoms with Gasteiger partial charge >= 0.3 is 0 Å². The Kier molecular flexibility index (Phi) is 4.33. The standard InChI is InChI=1S/C11H17NS/c1-9-5-3-4-6-10(9)7-11(12)8-13-2/h3-6,11H,7-8,12H2,1-2H3. The van der Waals surface area contributed by atoms with Crippen LogP contribution in [-0.2, 0) is 6.42 Å². The van der Waals surface area contributed by atoms with Gasteiger partial charge in [0.05, 0.1) is 0 Å². The molecule has 0 saturated carbocycles. The summed E-state index contributed by atoms with van der Waals surface area (Å²) in [5.74, 6) is 1.04. The van der Waals surface area contributed by atoms with E-state index in [1.165, 1.54) is 11.1 Å². The predicted octanol–water partition coefficient (Wildman–Crippen LogP) is 2.23. The quantitative estimate of drug-likeness (QED) is 0.797. The number of nitrogens with two attached hydrogens (primary N) is 1. The molecule has 0 amide bonds. The Balaban J connectivity index is 2.58. The van der Waals surface area contributed by atoms with Crippen molar-refractivity contribution >= 4 is 11.8 Å². The van der Waals surface area contributed by atoms with Gasteiger partial charge in [-0.25, -0.2) is 0 Å². The normalized spacial score (nSPS) is 12.8. The maximum atomic E-state index is 5.96. The van der Waals surface area contributed by atoms with Crippen molar-refractivity contribution in [2.45, 2.75) is 19.4 Å². The highest BCUT2D eigenvalue weighted by atomic mass is 32.2. The van der Waals surface area contributed by atoms with E-state index in [2.05, 4.69) is 37.4 Å². The molecule has 1 aromatic rings. The Morgan fingerprint density at radius 1 is 1.38 bits per heavy atom. The summed E-state index contributed by atoms with van der Waals surface area (Å²) in [5.41, 5.74) is 8.69. The zero-order chi connectivity index (χ0) is 9.68. The van der Waals surface area contributed by atoms with Crippen LogP contribution in [-0.4, -0.2) is 18.1 Å². The summed E-state index contributed by atoms with van der Waals surface area (Å²) in [5, 5.41) is 0. The van der Waals surface area contributed by atoms with Crippen LogP contribution >= 0.6 is 11.8 Å². The molecule has 0 bridgehead atoms. The van der Waals surface area contributed by atoms with Crippen LogP contribution in [0.25, 0.3) is 0 Å². The van der Waals surface area contributed by atoms with Crippen LogP contribution in [0.5, 0.6) is 0 Å². The second kappa shape index (κ2) is 5.30. The lowest BCUT2D eigenvalue weighted by Gasteiger charge is -2.11. The molecule has 1 unspecified atom stereocenters. The molecule has 0 radical (unpaired) electrons. The average molecular weight is 195 g/mol. The number of rotatable bonds is 4. The van der Waals surface area contributed by atoms with Crippen molar-refractivity contribution in [3.05, 3.63) is 35.4 Å². The SMILES string of the molecule is CSCC(N)Cc1ccccc1C. The van der Waals surface area contributed by atoms with Crippen molar-refractivity contribution in [3.63, 3.8) is 0 Å². The summed E-state index contributed by atoms with van der Waals surface area (Å²) >= 11 is 1.81. The van der Waals surface area contributed by atoms with Gasteiger partial charge in [0.15, 0.2) is 0 Å². The van der Waals surface area contributed by atoms with Crippen LogP contribution < -0.4 is 5.73 Å². The van der Waals surface area contributed by atoms with Crippen molar-refractivity contribution in [1.29, 1.82) is 0 Å². The molecule has 0 aliphatic rings.